The molecular formula is C40H72N2O5. The van der Waals surface area contributed by atoms with E-state index in [1.807, 2.05) is 0 Å². The fourth-order valence-corrected chi connectivity index (χ4v) is 5.45. The number of carboxylic acids is 1. The maximum Gasteiger partial charge on any atom is 0.326 e. The van der Waals surface area contributed by atoms with Gasteiger partial charge < -0.3 is 20.9 Å². The second-order valence-corrected chi connectivity index (χ2v) is 13.0. The molecular weight excluding hydrogens is 588 g/mol. The highest BCUT2D eigenvalue weighted by atomic mass is 16.5. The molecule has 0 aliphatic rings. The third-order valence-electron chi connectivity index (χ3n) is 8.41. The summed E-state index contributed by atoms with van der Waals surface area (Å²) < 4.78 is 5.86. The molecule has 0 aromatic heterocycles. The van der Waals surface area contributed by atoms with Gasteiger partial charge in [0.1, 0.15) is 12.1 Å². The highest BCUT2D eigenvalue weighted by Gasteiger charge is 2.19. The Kier molecular flexibility index (Phi) is 33.1. The van der Waals surface area contributed by atoms with Crippen LogP contribution >= 0.6 is 0 Å². The molecule has 4 N–H and O–H groups in total. The number of rotatable bonds is 34. The summed E-state index contributed by atoms with van der Waals surface area (Å²) in [7, 11) is 0. The number of nitrogens with one attached hydrogen (secondary N) is 1. The second-order valence-electron chi connectivity index (χ2n) is 13.0. The molecule has 7 heteroatoms. The van der Waals surface area contributed by atoms with Crippen molar-refractivity contribution in [1.82, 2.24) is 5.32 Å². The second kappa shape index (κ2) is 34.9. The molecule has 0 bridgehead atoms. The molecule has 0 radical (unpaired) electrons. The maximum atomic E-state index is 12.6. The lowest BCUT2D eigenvalue weighted by molar-refractivity contribution is -0.147. The normalized spacial score (nSPS) is 13.1. The zero-order chi connectivity index (χ0) is 34.6. The number of nitrogens with two attached hydrogens (primary N) is 1. The summed E-state index contributed by atoms with van der Waals surface area (Å²) in [4.78, 5) is 36.1. The minimum absolute atomic E-state index is 0.102. The van der Waals surface area contributed by atoms with E-state index in [9.17, 15) is 19.5 Å². The van der Waals surface area contributed by atoms with Gasteiger partial charge in [-0.1, -0.05) is 115 Å². The van der Waals surface area contributed by atoms with Gasteiger partial charge in [0.2, 0.25) is 5.91 Å². The van der Waals surface area contributed by atoms with E-state index in [1.165, 1.54) is 77.0 Å². The van der Waals surface area contributed by atoms with Crippen molar-refractivity contribution < 1.29 is 24.2 Å². The van der Waals surface area contributed by atoms with Crippen LogP contribution in [0.4, 0.5) is 0 Å². The number of carboxylic acid groups (broad SMARTS) is 1. The summed E-state index contributed by atoms with van der Waals surface area (Å²) in [5.41, 5.74) is 5.46. The molecule has 0 fully saturated rings. The summed E-state index contributed by atoms with van der Waals surface area (Å²) in [6.07, 6.45) is 39.3. The molecule has 2 unspecified atom stereocenters. The minimum Gasteiger partial charge on any atom is -0.480 e. The first kappa shape index (κ1) is 44.6. The monoisotopic (exact) mass is 661 g/mol. The molecule has 0 aromatic carbocycles. The van der Waals surface area contributed by atoms with Gasteiger partial charge in [0, 0.05) is 12.8 Å². The van der Waals surface area contributed by atoms with Gasteiger partial charge in [0.25, 0.3) is 0 Å². The number of esters is 1. The third-order valence-corrected chi connectivity index (χ3v) is 8.41. The lowest BCUT2D eigenvalue weighted by atomic mass is 10.1. The van der Waals surface area contributed by atoms with Crippen LogP contribution in [0.3, 0.4) is 0 Å². The average Bonchev–Trinajstić information content (AvgIpc) is 3.05. The first-order chi connectivity index (χ1) is 22.9. The van der Waals surface area contributed by atoms with Gasteiger partial charge in [-0.05, 0) is 96.1 Å². The zero-order valence-electron chi connectivity index (χ0n) is 30.4. The van der Waals surface area contributed by atoms with Crippen molar-refractivity contribution in [1.29, 1.82) is 0 Å². The summed E-state index contributed by atoms with van der Waals surface area (Å²) in [6, 6.07) is -0.870. The van der Waals surface area contributed by atoms with E-state index >= 15 is 0 Å². The molecule has 0 rings (SSSR count). The largest absolute Gasteiger partial charge is 0.480 e. The molecule has 0 heterocycles. The van der Waals surface area contributed by atoms with Gasteiger partial charge in [0.15, 0.2) is 0 Å². The van der Waals surface area contributed by atoms with Crippen LogP contribution in [0.15, 0.2) is 36.5 Å². The number of hydrogen-bond acceptors (Lipinski definition) is 5. The van der Waals surface area contributed by atoms with Crippen LogP contribution in [-0.4, -0.2) is 41.6 Å². The van der Waals surface area contributed by atoms with E-state index in [4.69, 9.17) is 10.5 Å². The van der Waals surface area contributed by atoms with Gasteiger partial charge >= 0.3 is 11.9 Å². The number of ether oxygens (including phenoxy) is 1. The van der Waals surface area contributed by atoms with Crippen LogP contribution in [0.25, 0.3) is 0 Å². The predicted molar refractivity (Wildman–Crippen MR) is 197 cm³/mol. The van der Waals surface area contributed by atoms with Crippen molar-refractivity contribution in [2.45, 2.75) is 193 Å². The van der Waals surface area contributed by atoms with E-state index in [2.05, 4.69) is 55.6 Å². The Morgan fingerprint density at radius 3 is 1.77 bits per heavy atom. The number of amides is 1. The quantitative estimate of drug-likeness (QED) is 0.0359. The van der Waals surface area contributed by atoms with Gasteiger partial charge in [-0.2, -0.15) is 0 Å². The molecule has 47 heavy (non-hydrogen) atoms. The Labute approximate surface area is 288 Å². The van der Waals surface area contributed by atoms with Crippen molar-refractivity contribution in [2.24, 2.45) is 5.73 Å². The van der Waals surface area contributed by atoms with Crippen molar-refractivity contribution in [3.63, 3.8) is 0 Å². The smallest absolute Gasteiger partial charge is 0.326 e. The van der Waals surface area contributed by atoms with Gasteiger partial charge in [-0.25, -0.2) is 4.79 Å². The Balaban J connectivity index is 4.13. The van der Waals surface area contributed by atoms with Gasteiger partial charge in [-0.15, -0.1) is 0 Å². The molecule has 0 saturated heterocycles. The van der Waals surface area contributed by atoms with Crippen molar-refractivity contribution in [2.75, 3.05) is 6.54 Å². The summed E-state index contributed by atoms with van der Waals surface area (Å²) in [5.74, 6) is -1.34. The van der Waals surface area contributed by atoms with Gasteiger partial charge in [0.05, 0.1) is 0 Å². The first-order valence-electron chi connectivity index (χ1n) is 19.3. The minimum atomic E-state index is -1.02. The molecule has 1 amide bonds. The highest BCUT2D eigenvalue weighted by molar-refractivity contribution is 5.83. The SMILES string of the molecule is CCCCC/C=C\C/C=C\CCCCCCCCCC(=O)OC(/C=C\CCCCC)CCCCCCC(=O)NC(CCCN)C(=O)O. The van der Waals surface area contributed by atoms with Crippen LogP contribution in [0.2, 0.25) is 0 Å². The van der Waals surface area contributed by atoms with Crippen LogP contribution in [0, 0.1) is 0 Å². The summed E-state index contributed by atoms with van der Waals surface area (Å²) in [5, 5.41) is 11.9. The van der Waals surface area contributed by atoms with E-state index in [0.29, 0.717) is 38.6 Å². The van der Waals surface area contributed by atoms with Crippen molar-refractivity contribution in [3.05, 3.63) is 36.5 Å². The van der Waals surface area contributed by atoms with Crippen molar-refractivity contribution >= 4 is 17.8 Å². The Morgan fingerprint density at radius 2 is 1.17 bits per heavy atom. The van der Waals surface area contributed by atoms with E-state index < -0.39 is 12.0 Å². The van der Waals surface area contributed by atoms with E-state index in [1.54, 1.807) is 0 Å². The van der Waals surface area contributed by atoms with Gasteiger partial charge in [-0.3, -0.25) is 9.59 Å². The molecule has 0 aliphatic carbocycles. The zero-order valence-corrected chi connectivity index (χ0v) is 30.4. The number of allylic oxidation sites excluding steroid dienone is 5. The molecule has 7 nitrogen and oxygen atoms in total. The number of carbonyl (C=O) groups excluding carboxylic acids is 2. The summed E-state index contributed by atoms with van der Waals surface area (Å²) in [6.45, 7) is 4.84. The fourth-order valence-electron chi connectivity index (χ4n) is 5.45. The molecule has 272 valence electrons. The average molecular weight is 661 g/mol. The van der Waals surface area contributed by atoms with Crippen molar-refractivity contribution in [3.8, 4) is 0 Å². The highest BCUT2D eigenvalue weighted by Crippen LogP contribution is 2.15. The van der Waals surface area contributed by atoms with Crippen LogP contribution in [0.1, 0.15) is 181 Å². The van der Waals surface area contributed by atoms with Crippen LogP contribution in [0.5, 0.6) is 0 Å². The Hall–Kier alpha value is -2.41. The topological polar surface area (TPSA) is 119 Å². The van der Waals surface area contributed by atoms with E-state index in [-0.39, 0.29) is 18.0 Å². The molecule has 2 atom stereocenters. The van der Waals surface area contributed by atoms with E-state index in [0.717, 1.165) is 57.8 Å². The molecule has 0 aliphatic heterocycles. The molecule has 0 aromatic rings. The summed E-state index contributed by atoms with van der Waals surface area (Å²) >= 11 is 0. The van der Waals surface area contributed by atoms with Crippen LogP contribution in [-0.2, 0) is 19.1 Å². The molecule has 0 spiro atoms. The standard InChI is InChI=1S/C40H72N2O5/c1-3-5-7-9-10-11-12-13-14-15-16-17-18-19-20-22-28-34-39(44)47-36(30-25-21-8-6-4-2)31-26-23-24-27-33-38(43)42-37(40(45)46)32-29-35-41/h10-11,13-14,25,30,36-37H,3-9,12,15-24,26-29,31-35,41H2,1-2H3,(H,42,43)(H,45,46)/b11-10-,14-13-,30-25-. The fraction of sp³-hybridized carbons (Fsp3) is 0.775. The van der Waals surface area contributed by atoms with Crippen LogP contribution < -0.4 is 11.1 Å². The number of aliphatic carboxylic acids is 1. The maximum absolute atomic E-state index is 12.6. The number of unbranched alkanes of at least 4 members (excludes halogenated alkanes) is 16. The predicted octanol–water partition coefficient (Wildman–Crippen LogP) is 10.3. The lowest BCUT2D eigenvalue weighted by Gasteiger charge is -2.15. The number of carbonyl (C=O) groups is 3. The number of hydrogen-bond donors (Lipinski definition) is 3. The Bertz CT molecular complexity index is 838. The lowest BCUT2D eigenvalue weighted by Crippen LogP contribution is -2.40. The Morgan fingerprint density at radius 1 is 0.638 bits per heavy atom. The first-order valence-corrected chi connectivity index (χ1v) is 19.3. The molecule has 0 saturated carbocycles. The third kappa shape index (κ3) is 31.9.